The van der Waals surface area contributed by atoms with E-state index in [4.69, 9.17) is 61.6 Å². The summed E-state index contributed by atoms with van der Waals surface area (Å²) in [5.74, 6) is 0. The molecule has 0 heterocycles. The van der Waals surface area contributed by atoms with Crippen molar-refractivity contribution >= 4 is 0 Å². The molecule has 362 valence electrons. The highest BCUT2D eigenvalue weighted by Crippen LogP contribution is 2.13. The molecule has 0 amide bonds. The van der Waals surface area contributed by atoms with Crippen LogP contribution in [0.2, 0.25) is 0 Å². The monoisotopic (exact) mass is 869 g/mol. The first-order chi connectivity index (χ1) is 29.9. The summed E-state index contributed by atoms with van der Waals surface area (Å²) < 4.78 is 72.0. The summed E-state index contributed by atoms with van der Waals surface area (Å²) >= 11 is 0. The van der Waals surface area contributed by atoms with Gasteiger partial charge in [-0.05, 0) is 12.8 Å². The standard InChI is InChI=1S/C47H96O13/c1-3-5-7-8-9-10-11-12-13-14-15-16-17-18-19-21-23-49-25-27-51-29-31-53-33-35-55-37-39-57-41-43-59-45-47-60-46-44-58-42-40-56-38-36-54-34-32-52-30-28-50-26-24-48-22-20-6-4-2/h3-47H2,1-2H3. The van der Waals surface area contributed by atoms with Gasteiger partial charge in [-0.15, -0.1) is 0 Å². The summed E-state index contributed by atoms with van der Waals surface area (Å²) in [5.41, 5.74) is 0. The Hall–Kier alpha value is -0.520. The Morgan fingerprint density at radius 2 is 0.250 bits per heavy atom. The largest absolute Gasteiger partial charge is 0.379 e. The maximum Gasteiger partial charge on any atom is 0.0701 e. The van der Waals surface area contributed by atoms with Gasteiger partial charge in [-0.25, -0.2) is 0 Å². The molecule has 0 aliphatic heterocycles. The predicted molar refractivity (Wildman–Crippen MR) is 240 cm³/mol. The van der Waals surface area contributed by atoms with Crippen LogP contribution in [0.5, 0.6) is 0 Å². The second-order valence-corrected chi connectivity index (χ2v) is 15.0. The van der Waals surface area contributed by atoms with Crippen LogP contribution in [0.4, 0.5) is 0 Å². The van der Waals surface area contributed by atoms with Crippen LogP contribution in [-0.4, -0.2) is 172 Å². The highest BCUT2D eigenvalue weighted by molar-refractivity contribution is 4.50. The van der Waals surface area contributed by atoms with Crippen LogP contribution < -0.4 is 0 Å². The molecule has 13 heteroatoms. The number of hydrogen-bond donors (Lipinski definition) is 0. The molecule has 0 fully saturated rings. The summed E-state index contributed by atoms with van der Waals surface area (Å²) in [6.45, 7) is 19.3. The molecular formula is C47H96O13. The molecule has 0 saturated heterocycles. The average Bonchev–Trinajstić information content (AvgIpc) is 3.26. The van der Waals surface area contributed by atoms with Crippen molar-refractivity contribution < 1.29 is 61.6 Å². The van der Waals surface area contributed by atoms with Gasteiger partial charge in [0.05, 0.1) is 159 Å². The van der Waals surface area contributed by atoms with Crippen molar-refractivity contribution in [2.24, 2.45) is 0 Å². The van der Waals surface area contributed by atoms with Gasteiger partial charge < -0.3 is 61.6 Å². The van der Waals surface area contributed by atoms with Crippen molar-refractivity contribution in [1.29, 1.82) is 0 Å². The minimum Gasteiger partial charge on any atom is -0.379 e. The molecule has 0 aromatic carbocycles. The first kappa shape index (κ1) is 59.5. The van der Waals surface area contributed by atoms with Crippen LogP contribution >= 0.6 is 0 Å². The van der Waals surface area contributed by atoms with Crippen molar-refractivity contribution in [3.05, 3.63) is 0 Å². The van der Waals surface area contributed by atoms with Crippen LogP contribution in [0, 0.1) is 0 Å². The maximum absolute atomic E-state index is 5.70. The normalized spacial score (nSPS) is 11.7. The van der Waals surface area contributed by atoms with E-state index in [0.717, 1.165) is 26.1 Å². The molecule has 0 aliphatic rings. The third-order valence-corrected chi connectivity index (χ3v) is 9.50. The highest BCUT2D eigenvalue weighted by atomic mass is 16.6. The zero-order valence-corrected chi connectivity index (χ0v) is 39.1. The molecule has 0 N–H and O–H groups in total. The fraction of sp³-hybridized carbons (Fsp3) is 1.00. The van der Waals surface area contributed by atoms with Crippen LogP contribution in [0.25, 0.3) is 0 Å². The van der Waals surface area contributed by atoms with Gasteiger partial charge in [0, 0.05) is 13.2 Å². The second-order valence-electron chi connectivity index (χ2n) is 15.0. The number of rotatable bonds is 57. The first-order valence-electron chi connectivity index (χ1n) is 24.4. The van der Waals surface area contributed by atoms with Crippen molar-refractivity contribution in [3.63, 3.8) is 0 Å². The highest BCUT2D eigenvalue weighted by Gasteiger charge is 1.99. The fourth-order valence-corrected chi connectivity index (χ4v) is 5.95. The van der Waals surface area contributed by atoms with E-state index in [1.807, 2.05) is 0 Å². The van der Waals surface area contributed by atoms with Crippen LogP contribution in [0.15, 0.2) is 0 Å². The van der Waals surface area contributed by atoms with Crippen LogP contribution in [-0.2, 0) is 61.6 Å². The summed E-state index contributed by atoms with van der Waals surface area (Å²) in [4.78, 5) is 0. The zero-order chi connectivity index (χ0) is 43.0. The van der Waals surface area contributed by atoms with Gasteiger partial charge in [-0.1, -0.05) is 123 Å². The number of ether oxygens (including phenoxy) is 13. The van der Waals surface area contributed by atoms with E-state index in [1.165, 1.54) is 109 Å². The Labute approximate surface area is 368 Å². The third-order valence-electron chi connectivity index (χ3n) is 9.50. The van der Waals surface area contributed by atoms with Gasteiger partial charge in [-0.3, -0.25) is 0 Å². The van der Waals surface area contributed by atoms with Crippen molar-refractivity contribution in [2.75, 3.05) is 172 Å². The van der Waals surface area contributed by atoms with Gasteiger partial charge in [0.2, 0.25) is 0 Å². The lowest BCUT2D eigenvalue weighted by molar-refractivity contribution is -0.0290. The van der Waals surface area contributed by atoms with E-state index < -0.39 is 0 Å². The smallest absolute Gasteiger partial charge is 0.0701 e. The summed E-state index contributed by atoms with van der Waals surface area (Å²) in [6, 6.07) is 0. The van der Waals surface area contributed by atoms with Gasteiger partial charge in [-0.2, -0.15) is 0 Å². The molecule has 0 aliphatic carbocycles. The zero-order valence-electron chi connectivity index (χ0n) is 39.1. The van der Waals surface area contributed by atoms with E-state index in [-0.39, 0.29) is 0 Å². The first-order valence-corrected chi connectivity index (χ1v) is 24.4. The van der Waals surface area contributed by atoms with E-state index in [9.17, 15) is 0 Å². The molecule has 60 heavy (non-hydrogen) atoms. The van der Waals surface area contributed by atoms with Crippen molar-refractivity contribution in [1.82, 2.24) is 0 Å². The molecule has 0 bridgehead atoms. The lowest BCUT2D eigenvalue weighted by Gasteiger charge is -2.09. The topological polar surface area (TPSA) is 120 Å². The van der Waals surface area contributed by atoms with Crippen molar-refractivity contribution in [2.45, 2.75) is 136 Å². The van der Waals surface area contributed by atoms with Gasteiger partial charge in [0.1, 0.15) is 0 Å². The predicted octanol–water partition coefficient (Wildman–Crippen LogP) is 8.65. The molecule has 0 aromatic rings. The van der Waals surface area contributed by atoms with Crippen LogP contribution in [0.1, 0.15) is 136 Å². The van der Waals surface area contributed by atoms with E-state index >= 15 is 0 Å². The second kappa shape index (κ2) is 58.5. The van der Waals surface area contributed by atoms with Gasteiger partial charge >= 0.3 is 0 Å². The quantitative estimate of drug-likeness (QED) is 0.0543. The Bertz CT molecular complexity index is 667. The number of unbranched alkanes of at least 4 members (excludes halogenated alkanes) is 17. The van der Waals surface area contributed by atoms with Crippen molar-refractivity contribution in [3.8, 4) is 0 Å². The minimum atomic E-state index is 0.517. The minimum absolute atomic E-state index is 0.517. The summed E-state index contributed by atoms with van der Waals surface area (Å²) in [5, 5.41) is 0. The maximum atomic E-state index is 5.70. The summed E-state index contributed by atoms with van der Waals surface area (Å²) in [6.07, 6.45) is 25.7. The molecule has 0 rings (SSSR count). The molecule has 0 saturated carbocycles. The Morgan fingerprint density at radius 3 is 0.433 bits per heavy atom. The van der Waals surface area contributed by atoms with E-state index in [1.54, 1.807) is 0 Å². The third kappa shape index (κ3) is 57.5. The molecule has 0 aromatic heterocycles. The van der Waals surface area contributed by atoms with E-state index in [0.29, 0.717) is 159 Å². The molecule has 0 radical (unpaired) electrons. The van der Waals surface area contributed by atoms with Gasteiger partial charge in [0.25, 0.3) is 0 Å². The molecule has 0 atom stereocenters. The van der Waals surface area contributed by atoms with E-state index in [2.05, 4.69) is 13.8 Å². The summed E-state index contributed by atoms with van der Waals surface area (Å²) in [7, 11) is 0. The average molecular weight is 869 g/mol. The molecular weight excluding hydrogens is 773 g/mol. The SMILES string of the molecule is CCCCCCCCCCCCCCCCCCOCCOCCOCCOCCOCCOCCOCCOCCOCCOCCOCCOCCOCCCCC. The van der Waals surface area contributed by atoms with Gasteiger partial charge in [0.15, 0.2) is 0 Å². The lowest BCUT2D eigenvalue weighted by Crippen LogP contribution is -2.15. The number of hydrogen-bond acceptors (Lipinski definition) is 13. The Balaban J connectivity index is 3.06. The Morgan fingerprint density at radius 1 is 0.133 bits per heavy atom. The fourth-order valence-electron chi connectivity index (χ4n) is 5.95. The molecule has 13 nitrogen and oxygen atoms in total. The Kier molecular flexibility index (Phi) is 58.0. The molecule has 0 spiro atoms. The lowest BCUT2D eigenvalue weighted by atomic mass is 10.0. The van der Waals surface area contributed by atoms with Crippen LogP contribution in [0.3, 0.4) is 0 Å². The molecule has 0 unspecified atom stereocenters.